The van der Waals surface area contributed by atoms with E-state index < -0.39 is 11.8 Å². The fraction of sp³-hybridized carbons (Fsp3) is 0.500. The van der Waals surface area contributed by atoms with Gasteiger partial charge in [-0.1, -0.05) is 0 Å². The zero-order chi connectivity index (χ0) is 12.0. The molecule has 16 heavy (non-hydrogen) atoms. The van der Waals surface area contributed by atoms with Crippen LogP contribution in [0.3, 0.4) is 0 Å². The van der Waals surface area contributed by atoms with Crippen molar-refractivity contribution in [2.24, 2.45) is 0 Å². The Labute approximate surface area is 93.5 Å². The van der Waals surface area contributed by atoms with Gasteiger partial charge in [0.05, 0.1) is 13.2 Å². The maximum absolute atomic E-state index is 11.4. The molecule has 1 fully saturated rings. The Hall–Kier alpha value is -1.87. The Morgan fingerprint density at radius 3 is 2.56 bits per heavy atom. The van der Waals surface area contributed by atoms with Crippen molar-refractivity contribution >= 4 is 11.8 Å². The van der Waals surface area contributed by atoms with Crippen LogP contribution in [0.15, 0.2) is 11.8 Å². The van der Waals surface area contributed by atoms with E-state index in [0.29, 0.717) is 26.3 Å². The maximum Gasteiger partial charge on any atom is 0.269 e. The summed E-state index contributed by atoms with van der Waals surface area (Å²) < 4.78 is 5.13. The number of nitriles is 1. The van der Waals surface area contributed by atoms with Crippen molar-refractivity contribution in [1.29, 1.82) is 5.26 Å². The lowest BCUT2D eigenvalue weighted by atomic mass is 10.3. The van der Waals surface area contributed by atoms with Crippen LogP contribution in [0.5, 0.6) is 0 Å². The lowest BCUT2D eigenvalue weighted by Crippen LogP contribution is -2.34. The molecule has 0 saturated carbocycles. The van der Waals surface area contributed by atoms with Crippen LogP contribution < -0.4 is 5.32 Å². The zero-order valence-corrected chi connectivity index (χ0v) is 9.02. The quantitative estimate of drug-likeness (QED) is 0.498. The molecule has 1 heterocycles. The molecule has 6 nitrogen and oxygen atoms in total. The molecular formula is C10H13N3O3. The van der Waals surface area contributed by atoms with Gasteiger partial charge in [0.15, 0.2) is 0 Å². The lowest BCUT2D eigenvalue weighted by molar-refractivity contribution is -0.127. The summed E-state index contributed by atoms with van der Waals surface area (Å²) >= 11 is 0. The van der Waals surface area contributed by atoms with Gasteiger partial charge in [-0.05, 0) is 0 Å². The molecule has 0 aliphatic carbocycles. The second-order valence-electron chi connectivity index (χ2n) is 3.31. The van der Waals surface area contributed by atoms with Gasteiger partial charge in [-0.3, -0.25) is 14.9 Å². The van der Waals surface area contributed by atoms with Gasteiger partial charge in [-0.25, -0.2) is 0 Å². The fourth-order valence-electron chi connectivity index (χ4n) is 1.25. The molecule has 0 atom stereocenters. The van der Waals surface area contributed by atoms with Crippen LogP contribution in [0.2, 0.25) is 0 Å². The Kier molecular flexibility index (Phi) is 4.48. The highest BCUT2D eigenvalue weighted by Gasteiger charge is 2.13. The smallest absolute Gasteiger partial charge is 0.269 e. The van der Waals surface area contributed by atoms with Gasteiger partial charge in [-0.15, -0.1) is 0 Å². The van der Waals surface area contributed by atoms with Crippen molar-refractivity contribution < 1.29 is 14.3 Å². The predicted molar refractivity (Wildman–Crippen MR) is 54.9 cm³/mol. The first kappa shape index (κ1) is 12.2. The monoisotopic (exact) mass is 223 g/mol. The molecule has 1 aliphatic heterocycles. The molecule has 1 aliphatic rings. The fourth-order valence-corrected chi connectivity index (χ4v) is 1.25. The zero-order valence-electron chi connectivity index (χ0n) is 9.02. The van der Waals surface area contributed by atoms with Gasteiger partial charge in [-0.2, -0.15) is 5.26 Å². The highest BCUT2D eigenvalue weighted by Crippen LogP contribution is 2.02. The summed E-state index contributed by atoms with van der Waals surface area (Å²) in [6, 6.07) is 1.77. The third kappa shape index (κ3) is 3.71. The van der Waals surface area contributed by atoms with Gasteiger partial charge in [0.25, 0.3) is 5.91 Å². The summed E-state index contributed by atoms with van der Waals surface area (Å²) in [4.78, 5) is 23.9. The van der Waals surface area contributed by atoms with E-state index in [9.17, 15) is 9.59 Å². The number of nitrogens with zero attached hydrogens (tertiary/aromatic N) is 2. The van der Waals surface area contributed by atoms with E-state index in [1.165, 1.54) is 13.1 Å². The Morgan fingerprint density at radius 2 is 2.06 bits per heavy atom. The summed E-state index contributed by atoms with van der Waals surface area (Å²) in [5.41, 5.74) is -0.0721. The van der Waals surface area contributed by atoms with Gasteiger partial charge >= 0.3 is 0 Å². The van der Waals surface area contributed by atoms with Crippen molar-refractivity contribution in [1.82, 2.24) is 10.2 Å². The van der Waals surface area contributed by atoms with E-state index >= 15 is 0 Å². The van der Waals surface area contributed by atoms with E-state index in [-0.39, 0.29) is 5.57 Å². The minimum atomic E-state index is -0.665. The summed E-state index contributed by atoms with van der Waals surface area (Å²) in [7, 11) is 0. The molecule has 1 saturated heterocycles. The number of carbonyl (C=O) groups excluding carboxylic acids is 2. The van der Waals surface area contributed by atoms with Crippen LogP contribution in [0.25, 0.3) is 0 Å². The van der Waals surface area contributed by atoms with Crippen LogP contribution in [0, 0.1) is 11.3 Å². The van der Waals surface area contributed by atoms with Crippen LogP contribution in [0.4, 0.5) is 0 Å². The number of ether oxygens (including phenoxy) is 1. The van der Waals surface area contributed by atoms with E-state index in [2.05, 4.69) is 5.32 Å². The number of morpholine rings is 1. The van der Waals surface area contributed by atoms with Gasteiger partial charge in [0.1, 0.15) is 11.6 Å². The van der Waals surface area contributed by atoms with Gasteiger partial charge < -0.3 is 9.64 Å². The number of hydrogen-bond donors (Lipinski definition) is 1. The topological polar surface area (TPSA) is 82.4 Å². The van der Waals surface area contributed by atoms with Crippen LogP contribution in [0.1, 0.15) is 6.92 Å². The molecule has 1 N–H and O–H groups in total. The third-order valence-corrected chi connectivity index (χ3v) is 2.01. The van der Waals surface area contributed by atoms with Crippen molar-refractivity contribution in [2.45, 2.75) is 6.92 Å². The average molecular weight is 223 g/mol. The number of hydrogen-bond acceptors (Lipinski definition) is 5. The first-order valence-corrected chi connectivity index (χ1v) is 4.89. The first-order valence-electron chi connectivity index (χ1n) is 4.89. The maximum atomic E-state index is 11.4. The number of imide groups is 1. The summed E-state index contributed by atoms with van der Waals surface area (Å²) in [5.74, 6) is -1.14. The second kappa shape index (κ2) is 5.88. The molecule has 0 unspecified atom stereocenters. The molecule has 0 bridgehead atoms. The summed E-state index contributed by atoms with van der Waals surface area (Å²) in [6.45, 7) is 3.64. The highest BCUT2D eigenvalue weighted by molar-refractivity contribution is 6.05. The number of nitrogens with one attached hydrogen (secondary N) is 1. The van der Waals surface area contributed by atoms with E-state index in [1.54, 1.807) is 6.07 Å². The van der Waals surface area contributed by atoms with Gasteiger partial charge in [0.2, 0.25) is 5.91 Å². The van der Waals surface area contributed by atoms with Gasteiger partial charge in [0, 0.05) is 26.2 Å². The van der Waals surface area contributed by atoms with E-state index in [0.717, 1.165) is 0 Å². The number of amides is 2. The van der Waals surface area contributed by atoms with Crippen molar-refractivity contribution in [2.75, 3.05) is 26.3 Å². The largest absolute Gasteiger partial charge is 0.378 e. The molecule has 86 valence electrons. The number of rotatable bonds is 2. The van der Waals surface area contributed by atoms with E-state index in [1.807, 2.05) is 4.90 Å². The molecule has 0 aromatic carbocycles. The minimum absolute atomic E-state index is 0.0721. The molecule has 6 heteroatoms. The number of carbonyl (C=O) groups is 2. The standard InChI is InChI=1S/C10H13N3O3/c1-8(14)12-10(15)9(6-11)7-13-2-4-16-5-3-13/h7H,2-5H2,1H3,(H,12,14,15)/b9-7+. The Morgan fingerprint density at radius 1 is 1.44 bits per heavy atom. The van der Waals surface area contributed by atoms with E-state index in [4.69, 9.17) is 10.00 Å². The Balaban J connectivity index is 2.65. The molecule has 1 rings (SSSR count). The molecule has 0 spiro atoms. The molecule has 0 radical (unpaired) electrons. The SMILES string of the molecule is CC(=O)NC(=O)/C(C#N)=C/N1CCOCC1. The lowest BCUT2D eigenvalue weighted by Gasteiger charge is -2.25. The van der Waals surface area contributed by atoms with Crippen molar-refractivity contribution in [3.05, 3.63) is 11.8 Å². The summed E-state index contributed by atoms with van der Waals surface area (Å²) in [5, 5.41) is 10.8. The normalized spacial score (nSPS) is 16.5. The second-order valence-corrected chi connectivity index (χ2v) is 3.31. The van der Waals surface area contributed by atoms with Crippen LogP contribution in [-0.2, 0) is 14.3 Å². The van der Waals surface area contributed by atoms with Crippen LogP contribution in [-0.4, -0.2) is 43.0 Å². The van der Waals surface area contributed by atoms with Crippen molar-refractivity contribution in [3.8, 4) is 6.07 Å². The molecule has 0 aromatic heterocycles. The van der Waals surface area contributed by atoms with Crippen LogP contribution >= 0.6 is 0 Å². The minimum Gasteiger partial charge on any atom is -0.378 e. The highest BCUT2D eigenvalue weighted by atomic mass is 16.5. The first-order chi connectivity index (χ1) is 7.63. The molecular weight excluding hydrogens is 210 g/mol. The average Bonchev–Trinajstić information content (AvgIpc) is 2.26. The Bertz CT molecular complexity index is 351. The van der Waals surface area contributed by atoms with Crippen molar-refractivity contribution in [3.63, 3.8) is 0 Å². The third-order valence-electron chi connectivity index (χ3n) is 2.01. The molecule has 0 aromatic rings. The predicted octanol–water partition coefficient (Wildman–Crippen LogP) is -0.611. The molecule has 2 amide bonds. The summed E-state index contributed by atoms with van der Waals surface area (Å²) in [6.07, 6.45) is 1.46.